The highest BCUT2D eigenvalue weighted by atomic mass is 16.1. The van der Waals surface area contributed by atoms with Crippen LogP contribution in [0.1, 0.15) is 32.1 Å². The summed E-state index contributed by atoms with van der Waals surface area (Å²) in [5.74, 6) is 0.0454. The molecule has 0 saturated heterocycles. The Morgan fingerprint density at radius 3 is 2.64 bits per heavy atom. The van der Waals surface area contributed by atoms with E-state index in [-0.39, 0.29) is 12.2 Å². The summed E-state index contributed by atoms with van der Waals surface area (Å²) in [6.07, 6.45) is 5.93. The first-order chi connectivity index (χ1) is 5.31. The van der Waals surface area contributed by atoms with Crippen LogP contribution in [0.5, 0.6) is 0 Å². The Morgan fingerprint density at radius 2 is 2.09 bits per heavy atom. The van der Waals surface area contributed by atoms with E-state index in [1.54, 1.807) is 0 Å². The van der Waals surface area contributed by atoms with Crippen molar-refractivity contribution in [1.29, 1.82) is 0 Å². The maximum atomic E-state index is 10.7. The topological polar surface area (TPSA) is 34.1 Å². The van der Waals surface area contributed by atoms with Crippen molar-refractivity contribution in [2.45, 2.75) is 32.1 Å². The lowest BCUT2D eigenvalue weighted by atomic mass is 10.1. The summed E-state index contributed by atoms with van der Waals surface area (Å²) < 4.78 is 0. The van der Waals surface area contributed by atoms with E-state index in [0.29, 0.717) is 12.7 Å². The molecule has 0 N–H and O–H groups in total. The molecule has 0 unspecified atom stereocenters. The first kappa shape index (κ1) is 10.1. The summed E-state index contributed by atoms with van der Waals surface area (Å²) in [6, 6.07) is 0. The highest BCUT2D eigenvalue weighted by Gasteiger charge is 1.98. The first-order valence-corrected chi connectivity index (χ1v) is 3.87. The number of unbranched alkanes of at least 4 members (excludes halogenated alkanes) is 2. The number of ketones is 1. The van der Waals surface area contributed by atoms with Crippen LogP contribution in [-0.4, -0.2) is 12.1 Å². The average Bonchev–Trinajstić information content (AvgIpc) is 1.99. The van der Waals surface area contributed by atoms with Gasteiger partial charge in [-0.25, -0.2) is 0 Å². The van der Waals surface area contributed by atoms with Crippen LogP contribution >= 0.6 is 0 Å². The molecule has 0 heterocycles. The van der Waals surface area contributed by atoms with E-state index in [9.17, 15) is 9.59 Å². The summed E-state index contributed by atoms with van der Waals surface area (Å²) >= 11 is 0. The molecule has 11 heavy (non-hydrogen) atoms. The van der Waals surface area contributed by atoms with Crippen molar-refractivity contribution in [2.75, 3.05) is 0 Å². The van der Waals surface area contributed by atoms with E-state index in [4.69, 9.17) is 0 Å². The molecule has 0 saturated carbocycles. The maximum Gasteiger partial charge on any atom is 0.139 e. The third kappa shape index (κ3) is 6.97. The highest BCUT2D eigenvalue weighted by molar-refractivity contribution is 5.89. The molecule has 0 atom stereocenters. The van der Waals surface area contributed by atoms with Gasteiger partial charge in [-0.3, -0.25) is 4.79 Å². The van der Waals surface area contributed by atoms with E-state index in [0.717, 1.165) is 19.3 Å². The largest absolute Gasteiger partial charge is 0.303 e. The molecule has 62 valence electrons. The summed E-state index contributed by atoms with van der Waals surface area (Å²) in [5, 5.41) is 0. The van der Waals surface area contributed by atoms with Crippen molar-refractivity contribution in [1.82, 2.24) is 0 Å². The molecule has 0 amide bonds. The number of aldehydes is 1. The lowest BCUT2D eigenvalue weighted by Gasteiger charge is -1.94. The Balaban J connectivity index is 3.16. The van der Waals surface area contributed by atoms with Gasteiger partial charge in [0.1, 0.15) is 12.1 Å². The van der Waals surface area contributed by atoms with Gasteiger partial charge in [0.05, 0.1) is 6.42 Å². The Kier molecular flexibility index (Phi) is 6.59. The molecule has 0 aliphatic rings. The van der Waals surface area contributed by atoms with Gasteiger partial charge in [0.15, 0.2) is 0 Å². The zero-order chi connectivity index (χ0) is 8.53. The van der Waals surface area contributed by atoms with Crippen LogP contribution in [0.15, 0.2) is 12.7 Å². The van der Waals surface area contributed by atoms with Gasteiger partial charge in [0.2, 0.25) is 0 Å². The van der Waals surface area contributed by atoms with E-state index in [1.807, 2.05) is 6.08 Å². The molecule has 0 aromatic heterocycles. The molecule has 0 aliphatic heterocycles. The average molecular weight is 154 g/mol. The van der Waals surface area contributed by atoms with Gasteiger partial charge in [-0.15, -0.1) is 6.58 Å². The SMILES string of the molecule is C=CCCCCC(=O)CC=O. The minimum absolute atomic E-state index is 0.0454. The van der Waals surface area contributed by atoms with Crippen LogP contribution in [0.25, 0.3) is 0 Å². The van der Waals surface area contributed by atoms with E-state index in [2.05, 4.69) is 6.58 Å². The van der Waals surface area contributed by atoms with Gasteiger partial charge in [-0.1, -0.05) is 6.08 Å². The van der Waals surface area contributed by atoms with Crippen molar-refractivity contribution < 1.29 is 9.59 Å². The second-order valence-corrected chi connectivity index (χ2v) is 2.44. The first-order valence-electron chi connectivity index (χ1n) is 3.87. The minimum Gasteiger partial charge on any atom is -0.303 e. The highest BCUT2D eigenvalue weighted by Crippen LogP contribution is 2.01. The van der Waals surface area contributed by atoms with Gasteiger partial charge in [-0.05, 0) is 19.3 Å². The van der Waals surface area contributed by atoms with Gasteiger partial charge in [0.25, 0.3) is 0 Å². The minimum atomic E-state index is 0.0454. The normalized spacial score (nSPS) is 9.09. The van der Waals surface area contributed by atoms with E-state index < -0.39 is 0 Å². The second-order valence-electron chi connectivity index (χ2n) is 2.44. The van der Waals surface area contributed by atoms with Gasteiger partial charge >= 0.3 is 0 Å². The number of hydrogen-bond acceptors (Lipinski definition) is 2. The molecular weight excluding hydrogens is 140 g/mol. The van der Waals surface area contributed by atoms with Crippen molar-refractivity contribution in [3.63, 3.8) is 0 Å². The number of hydrogen-bond donors (Lipinski definition) is 0. The zero-order valence-electron chi connectivity index (χ0n) is 6.71. The van der Waals surface area contributed by atoms with Crippen LogP contribution in [0.2, 0.25) is 0 Å². The summed E-state index contributed by atoms with van der Waals surface area (Å²) in [4.78, 5) is 20.6. The molecule has 0 aromatic rings. The lowest BCUT2D eigenvalue weighted by Crippen LogP contribution is -1.97. The standard InChI is InChI=1S/C9H14O2/c1-2-3-4-5-6-9(11)7-8-10/h2,8H,1,3-7H2. The van der Waals surface area contributed by atoms with Gasteiger partial charge < -0.3 is 4.79 Å². The number of carbonyl (C=O) groups is 2. The van der Waals surface area contributed by atoms with Gasteiger partial charge in [-0.2, -0.15) is 0 Å². The molecule has 0 radical (unpaired) electrons. The molecule has 0 fully saturated rings. The fourth-order valence-corrected chi connectivity index (χ4v) is 0.806. The summed E-state index contributed by atoms with van der Waals surface area (Å²) in [6.45, 7) is 3.57. The monoisotopic (exact) mass is 154 g/mol. The van der Waals surface area contributed by atoms with Crippen LogP contribution < -0.4 is 0 Å². The van der Waals surface area contributed by atoms with Crippen molar-refractivity contribution in [3.05, 3.63) is 12.7 Å². The van der Waals surface area contributed by atoms with Crippen LogP contribution in [0.3, 0.4) is 0 Å². The summed E-state index contributed by atoms with van der Waals surface area (Å²) in [5.41, 5.74) is 0. The molecule has 2 heteroatoms. The molecule has 0 aromatic carbocycles. The van der Waals surface area contributed by atoms with E-state index in [1.165, 1.54) is 0 Å². The predicted octanol–water partition coefficient (Wildman–Crippen LogP) is 1.89. The Labute approximate surface area is 67.3 Å². The Morgan fingerprint density at radius 1 is 1.36 bits per heavy atom. The smallest absolute Gasteiger partial charge is 0.139 e. The maximum absolute atomic E-state index is 10.7. The van der Waals surface area contributed by atoms with Crippen LogP contribution in [-0.2, 0) is 9.59 Å². The number of carbonyl (C=O) groups excluding carboxylic acids is 2. The summed E-state index contributed by atoms with van der Waals surface area (Å²) in [7, 11) is 0. The van der Waals surface area contributed by atoms with Crippen molar-refractivity contribution in [3.8, 4) is 0 Å². The number of rotatable bonds is 7. The van der Waals surface area contributed by atoms with Gasteiger partial charge in [0, 0.05) is 6.42 Å². The molecule has 0 bridgehead atoms. The molecule has 0 aliphatic carbocycles. The fourth-order valence-electron chi connectivity index (χ4n) is 0.806. The third-order valence-corrected chi connectivity index (χ3v) is 1.42. The van der Waals surface area contributed by atoms with Crippen LogP contribution in [0, 0.1) is 0 Å². The second kappa shape index (κ2) is 7.19. The Bertz CT molecular complexity index is 138. The fraction of sp³-hybridized carbons (Fsp3) is 0.556. The predicted molar refractivity (Wildman–Crippen MR) is 44.4 cm³/mol. The van der Waals surface area contributed by atoms with Crippen molar-refractivity contribution >= 4 is 12.1 Å². The third-order valence-electron chi connectivity index (χ3n) is 1.42. The number of Topliss-reactive ketones (excluding diaryl/α,β-unsaturated/α-hetero) is 1. The zero-order valence-corrected chi connectivity index (χ0v) is 6.71. The Hall–Kier alpha value is -0.920. The molecule has 0 rings (SSSR count). The molecule has 2 nitrogen and oxygen atoms in total. The molecular formula is C9H14O2. The van der Waals surface area contributed by atoms with Crippen LogP contribution in [0.4, 0.5) is 0 Å². The quantitative estimate of drug-likeness (QED) is 0.243. The van der Waals surface area contributed by atoms with E-state index >= 15 is 0 Å². The number of allylic oxidation sites excluding steroid dienone is 1. The van der Waals surface area contributed by atoms with Crippen molar-refractivity contribution in [2.24, 2.45) is 0 Å². The molecule has 0 spiro atoms. The lowest BCUT2D eigenvalue weighted by molar-refractivity contribution is -0.122.